The van der Waals surface area contributed by atoms with Crippen LogP contribution in [0, 0.1) is 19.7 Å². The Balaban J connectivity index is 1.96. The molecule has 3 rings (SSSR count). The monoisotopic (exact) mass is 392 g/mol. The number of hydrogen-bond acceptors (Lipinski definition) is 2. The first-order valence-electron chi connectivity index (χ1n) is 8.33. The van der Waals surface area contributed by atoms with Gasteiger partial charge in [-0.3, -0.25) is 9.59 Å². The Morgan fingerprint density at radius 2 is 1.68 bits per heavy atom. The van der Waals surface area contributed by atoms with Crippen LogP contribution >= 0.6 is 0 Å². The molecule has 0 saturated carbocycles. The number of rotatable bonds is 4. The molecule has 2 aromatic heterocycles. The van der Waals surface area contributed by atoms with Gasteiger partial charge in [-0.15, -0.1) is 0 Å². The number of alkyl halides is 3. The van der Waals surface area contributed by atoms with Gasteiger partial charge in [-0.2, -0.15) is 13.2 Å². The van der Waals surface area contributed by atoms with Crippen LogP contribution in [0.5, 0.6) is 0 Å². The maximum Gasteiger partial charge on any atom is 0.417 e. The van der Waals surface area contributed by atoms with Crippen molar-refractivity contribution in [2.45, 2.75) is 26.6 Å². The SMILES string of the molecule is Cc1cc(C(=O)Cn2cc(C(F)(F)F)ccc2=O)c(C)n1-c1ccc(F)cc1. The number of benzene rings is 1. The number of ketones is 1. The molecule has 0 unspecified atom stereocenters. The van der Waals surface area contributed by atoms with Gasteiger partial charge in [0, 0.05) is 34.9 Å². The van der Waals surface area contributed by atoms with Crippen LogP contribution in [0.3, 0.4) is 0 Å². The van der Waals surface area contributed by atoms with E-state index in [0.29, 0.717) is 29.3 Å². The molecule has 146 valence electrons. The predicted octanol–water partition coefficient (Wildman–Crippen LogP) is 4.30. The van der Waals surface area contributed by atoms with Crippen molar-refractivity contribution in [2.24, 2.45) is 0 Å². The summed E-state index contributed by atoms with van der Waals surface area (Å²) in [6.07, 6.45) is -3.98. The zero-order valence-electron chi connectivity index (χ0n) is 15.0. The molecule has 4 nitrogen and oxygen atoms in total. The van der Waals surface area contributed by atoms with Crippen LogP contribution in [0.4, 0.5) is 17.6 Å². The van der Waals surface area contributed by atoms with Crippen molar-refractivity contribution in [2.75, 3.05) is 0 Å². The van der Waals surface area contributed by atoms with Crippen LogP contribution < -0.4 is 5.56 Å². The fourth-order valence-corrected chi connectivity index (χ4v) is 3.10. The van der Waals surface area contributed by atoms with E-state index in [4.69, 9.17) is 0 Å². The van der Waals surface area contributed by atoms with Crippen LogP contribution in [-0.4, -0.2) is 14.9 Å². The topological polar surface area (TPSA) is 44.0 Å². The molecule has 8 heteroatoms. The minimum absolute atomic E-state index is 0.283. The Morgan fingerprint density at radius 1 is 1.04 bits per heavy atom. The second-order valence-electron chi connectivity index (χ2n) is 6.40. The fraction of sp³-hybridized carbons (Fsp3) is 0.200. The Bertz CT molecular complexity index is 1090. The normalized spacial score (nSPS) is 11.6. The molecule has 2 heterocycles. The third-order valence-corrected chi connectivity index (χ3v) is 4.44. The molecule has 0 spiro atoms. The number of aromatic nitrogens is 2. The second kappa shape index (κ2) is 7.10. The summed E-state index contributed by atoms with van der Waals surface area (Å²) in [5.41, 5.74) is 0.473. The third-order valence-electron chi connectivity index (χ3n) is 4.44. The van der Waals surface area contributed by atoms with Gasteiger partial charge in [0.15, 0.2) is 5.78 Å². The van der Waals surface area contributed by atoms with Crippen LogP contribution in [0.1, 0.15) is 27.3 Å². The lowest BCUT2D eigenvalue weighted by atomic mass is 10.1. The Kier molecular flexibility index (Phi) is 4.97. The molecule has 1 aromatic carbocycles. The molecule has 0 aliphatic carbocycles. The summed E-state index contributed by atoms with van der Waals surface area (Å²) in [5.74, 6) is -0.894. The lowest BCUT2D eigenvalue weighted by Crippen LogP contribution is -2.25. The highest BCUT2D eigenvalue weighted by Crippen LogP contribution is 2.28. The summed E-state index contributed by atoms with van der Waals surface area (Å²) < 4.78 is 54.2. The summed E-state index contributed by atoms with van der Waals surface area (Å²) in [5, 5.41) is 0. The average Bonchev–Trinajstić information content (AvgIpc) is 2.91. The number of carbonyl (C=O) groups excluding carboxylic acids is 1. The van der Waals surface area contributed by atoms with E-state index in [2.05, 4.69) is 0 Å². The molecule has 0 amide bonds. The average molecular weight is 392 g/mol. The fourth-order valence-electron chi connectivity index (χ4n) is 3.10. The molecule has 0 N–H and O–H groups in total. The van der Waals surface area contributed by atoms with E-state index in [1.54, 1.807) is 36.6 Å². The summed E-state index contributed by atoms with van der Waals surface area (Å²) >= 11 is 0. The molecular weight excluding hydrogens is 376 g/mol. The molecule has 0 fully saturated rings. The second-order valence-corrected chi connectivity index (χ2v) is 6.40. The summed E-state index contributed by atoms with van der Waals surface area (Å²) in [6, 6.07) is 8.76. The van der Waals surface area contributed by atoms with Crippen molar-refractivity contribution in [3.8, 4) is 5.69 Å². The van der Waals surface area contributed by atoms with Gasteiger partial charge in [-0.25, -0.2) is 4.39 Å². The summed E-state index contributed by atoms with van der Waals surface area (Å²) in [6.45, 7) is 2.92. The van der Waals surface area contributed by atoms with Gasteiger partial charge in [0.05, 0.1) is 12.1 Å². The summed E-state index contributed by atoms with van der Waals surface area (Å²) in [7, 11) is 0. The van der Waals surface area contributed by atoms with Gasteiger partial charge in [0.2, 0.25) is 0 Å². The lowest BCUT2D eigenvalue weighted by molar-refractivity contribution is -0.138. The molecular formula is C20H16F4N2O2. The molecule has 3 aromatic rings. The smallest absolute Gasteiger partial charge is 0.318 e. The van der Waals surface area contributed by atoms with E-state index in [-0.39, 0.29) is 5.56 Å². The highest BCUT2D eigenvalue weighted by Gasteiger charge is 2.31. The van der Waals surface area contributed by atoms with Gasteiger partial charge in [0.25, 0.3) is 5.56 Å². The maximum absolute atomic E-state index is 13.2. The highest BCUT2D eigenvalue weighted by atomic mass is 19.4. The van der Waals surface area contributed by atoms with Crippen molar-refractivity contribution in [3.05, 3.63) is 87.3 Å². The van der Waals surface area contributed by atoms with E-state index < -0.39 is 35.4 Å². The van der Waals surface area contributed by atoms with Crippen LogP contribution in [-0.2, 0) is 12.7 Å². The quantitative estimate of drug-likeness (QED) is 0.491. The first-order valence-corrected chi connectivity index (χ1v) is 8.33. The third kappa shape index (κ3) is 3.76. The van der Waals surface area contributed by atoms with Crippen molar-refractivity contribution in [3.63, 3.8) is 0 Å². The number of halogens is 4. The van der Waals surface area contributed by atoms with E-state index >= 15 is 0 Å². The van der Waals surface area contributed by atoms with Crippen molar-refractivity contribution in [1.82, 2.24) is 9.13 Å². The Morgan fingerprint density at radius 3 is 2.29 bits per heavy atom. The Hall–Kier alpha value is -3.16. The number of carbonyl (C=O) groups is 1. The minimum Gasteiger partial charge on any atom is -0.318 e. The number of aryl methyl sites for hydroxylation is 1. The van der Waals surface area contributed by atoms with Gasteiger partial charge >= 0.3 is 6.18 Å². The zero-order valence-corrected chi connectivity index (χ0v) is 15.0. The Labute approximate surface area is 157 Å². The number of nitrogens with zero attached hydrogens (tertiary/aromatic N) is 2. The lowest BCUT2D eigenvalue weighted by Gasteiger charge is -2.11. The molecule has 0 atom stereocenters. The van der Waals surface area contributed by atoms with Crippen LogP contribution in [0.15, 0.2) is 53.5 Å². The predicted molar refractivity (Wildman–Crippen MR) is 95.2 cm³/mol. The zero-order chi connectivity index (χ0) is 20.6. The van der Waals surface area contributed by atoms with Gasteiger partial charge in [0.1, 0.15) is 5.82 Å². The van der Waals surface area contributed by atoms with E-state index in [9.17, 15) is 27.2 Å². The molecule has 0 saturated heterocycles. The number of pyridine rings is 1. The maximum atomic E-state index is 13.2. The standard InChI is InChI=1S/C20H16F4N2O2/c1-12-9-17(13(2)26(12)16-6-4-15(21)5-7-16)18(27)11-25-10-14(20(22,23)24)3-8-19(25)28/h3-10H,11H2,1-2H3. The first kappa shape index (κ1) is 19.6. The molecule has 0 radical (unpaired) electrons. The number of hydrogen-bond donors (Lipinski definition) is 0. The van der Waals surface area contributed by atoms with Crippen molar-refractivity contribution < 1.29 is 22.4 Å². The van der Waals surface area contributed by atoms with Crippen LogP contribution in [0.25, 0.3) is 5.69 Å². The van der Waals surface area contributed by atoms with Crippen molar-refractivity contribution >= 4 is 5.78 Å². The summed E-state index contributed by atoms with van der Waals surface area (Å²) in [4.78, 5) is 24.6. The largest absolute Gasteiger partial charge is 0.417 e. The molecule has 0 bridgehead atoms. The van der Waals surface area contributed by atoms with E-state index in [1.165, 1.54) is 12.1 Å². The van der Waals surface area contributed by atoms with E-state index in [1.807, 2.05) is 0 Å². The van der Waals surface area contributed by atoms with Gasteiger partial charge < -0.3 is 9.13 Å². The van der Waals surface area contributed by atoms with Gasteiger partial charge in [-0.1, -0.05) is 0 Å². The van der Waals surface area contributed by atoms with Crippen molar-refractivity contribution in [1.29, 1.82) is 0 Å². The molecule has 28 heavy (non-hydrogen) atoms. The molecule has 0 aliphatic rings. The highest BCUT2D eigenvalue weighted by molar-refractivity contribution is 5.97. The first-order chi connectivity index (χ1) is 13.1. The van der Waals surface area contributed by atoms with E-state index in [0.717, 1.165) is 10.6 Å². The van der Waals surface area contributed by atoms with Gasteiger partial charge in [-0.05, 0) is 50.2 Å². The number of Topliss-reactive ketones (excluding diaryl/α,β-unsaturated/α-hetero) is 1. The minimum atomic E-state index is -4.61. The molecule has 0 aliphatic heterocycles. The van der Waals surface area contributed by atoms with Crippen LogP contribution in [0.2, 0.25) is 0 Å².